The highest BCUT2D eigenvalue weighted by molar-refractivity contribution is 5.81. The number of carbonyl (C=O) groups is 1. The molecule has 0 radical (unpaired) electrons. The summed E-state index contributed by atoms with van der Waals surface area (Å²) in [4.78, 5) is 10.8. The minimum Gasteiger partial charge on any atom is -0.481 e. The first kappa shape index (κ1) is 20.9. The third kappa shape index (κ3) is 5.61. The Bertz CT molecular complexity index is 1080. The van der Waals surface area contributed by atoms with Gasteiger partial charge in [-0.2, -0.15) is 13.2 Å². The molecule has 0 amide bonds. The van der Waals surface area contributed by atoms with Crippen molar-refractivity contribution in [3.8, 4) is 16.9 Å². The van der Waals surface area contributed by atoms with Crippen molar-refractivity contribution in [2.24, 2.45) is 0 Å². The largest absolute Gasteiger partial charge is 0.481 e. The Balaban J connectivity index is 1.78. The average Bonchev–Trinajstić information content (AvgIpc) is 2.73. The van der Waals surface area contributed by atoms with Gasteiger partial charge in [0.25, 0.3) is 0 Å². The minimum absolute atomic E-state index is 0.0284. The molecule has 3 aromatic rings. The van der Waals surface area contributed by atoms with E-state index in [0.29, 0.717) is 0 Å². The SMILES string of the molecule is O=C(O)Cc1ccc(-c2ccccc2C=Cc2ccc(OC(F)=C(F)F)cc2)cc1. The molecule has 0 aliphatic carbocycles. The second kappa shape index (κ2) is 9.60. The van der Waals surface area contributed by atoms with Gasteiger partial charge >= 0.3 is 18.1 Å². The van der Waals surface area contributed by atoms with Crippen molar-refractivity contribution < 1.29 is 27.8 Å². The van der Waals surface area contributed by atoms with Crippen molar-refractivity contribution >= 4 is 18.1 Å². The first-order valence-electron chi connectivity index (χ1n) is 8.99. The molecule has 1 N–H and O–H groups in total. The van der Waals surface area contributed by atoms with Gasteiger partial charge in [-0.15, -0.1) is 0 Å². The smallest absolute Gasteiger partial charge is 0.344 e. The van der Waals surface area contributed by atoms with Gasteiger partial charge in [0.05, 0.1) is 6.42 Å². The van der Waals surface area contributed by atoms with Crippen LogP contribution in [-0.2, 0) is 11.2 Å². The molecule has 6 heteroatoms. The molecular weight excluding hydrogens is 393 g/mol. The molecule has 0 aliphatic heterocycles. The quantitative estimate of drug-likeness (QED) is 0.354. The number of hydrogen-bond acceptors (Lipinski definition) is 2. The number of ether oxygens (including phenoxy) is 1. The molecular formula is C24H17F3O3. The first-order valence-corrected chi connectivity index (χ1v) is 8.99. The molecule has 0 bridgehead atoms. The van der Waals surface area contributed by atoms with Crippen LogP contribution in [0.15, 0.2) is 84.9 Å². The van der Waals surface area contributed by atoms with Crippen LogP contribution in [-0.4, -0.2) is 11.1 Å². The summed E-state index contributed by atoms with van der Waals surface area (Å²) in [5.41, 5.74) is 4.36. The van der Waals surface area contributed by atoms with E-state index in [4.69, 9.17) is 5.11 Å². The van der Waals surface area contributed by atoms with Crippen LogP contribution in [0.4, 0.5) is 13.2 Å². The van der Waals surface area contributed by atoms with Crippen LogP contribution in [0.2, 0.25) is 0 Å². The lowest BCUT2D eigenvalue weighted by Crippen LogP contribution is -1.99. The molecule has 3 rings (SSSR count). The summed E-state index contributed by atoms with van der Waals surface area (Å²) < 4.78 is 41.4. The fourth-order valence-corrected chi connectivity index (χ4v) is 2.86. The summed E-state index contributed by atoms with van der Waals surface area (Å²) in [6.45, 7) is 0. The maximum Gasteiger partial charge on any atom is 0.344 e. The second-order valence-electron chi connectivity index (χ2n) is 6.39. The van der Waals surface area contributed by atoms with Crippen molar-refractivity contribution in [2.45, 2.75) is 6.42 Å². The van der Waals surface area contributed by atoms with Crippen molar-refractivity contribution in [3.05, 3.63) is 102 Å². The summed E-state index contributed by atoms with van der Waals surface area (Å²) in [5, 5.41) is 8.89. The molecule has 0 aromatic heterocycles. The number of rotatable bonds is 7. The number of benzene rings is 3. The molecule has 0 unspecified atom stereocenters. The number of aliphatic carboxylic acids is 1. The molecule has 30 heavy (non-hydrogen) atoms. The Morgan fingerprint density at radius 1 is 0.867 bits per heavy atom. The maximum absolute atomic E-state index is 12.8. The van der Waals surface area contributed by atoms with E-state index in [1.54, 1.807) is 24.3 Å². The molecule has 3 aromatic carbocycles. The van der Waals surface area contributed by atoms with Gasteiger partial charge in [0.2, 0.25) is 0 Å². The van der Waals surface area contributed by atoms with Crippen LogP contribution in [0.3, 0.4) is 0 Å². The zero-order valence-electron chi connectivity index (χ0n) is 15.7. The topological polar surface area (TPSA) is 46.5 Å². The molecule has 152 valence electrons. The normalized spacial score (nSPS) is 10.8. The van der Waals surface area contributed by atoms with Crippen LogP contribution < -0.4 is 4.74 Å². The molecule has 0 saturated carbocycles. The van der Waals surface area contributed by atoms with Gasteiger partial charge in [0, 0.05) is 0 Å². The van der Waals surface area contributed by atoms with E-state index in [9.17, 15) is 18.0 Å². The Morgan fingerprint density at radius 2 is 1.53 bits per heavy atom. The Kier molecular flexibility index (Phi) is 6.70. The van der Waals surface area contributed by atoms with Crippen LogP contribution in [0, 0.1) is 0 Å². The highest BCUT2D eigenvalue weighted by atomic mass is 19.3. The number of halogens is 3. The van der Waals surface area contributed by atoms with Gasteiger partial charge in [0.15, 0.2) is 0 Å². The predicted octanol–water partition coefficient (Wildman–Crippen LogP) is 6.57. The van der Waals surface area contributed by atoms with Crippen LogP contribution in [0.1, 0.15) is 16.7 Å². The standard InChI is InChI=1S/C24H17F3O3/c25-23(26)24(27)30-20-13-8-16(9-14-20)5-10-18-3-1-2-4-21(18)19-11-6-17(7-12-19)15-22(28)29/h1-14H,15H2,(H,28,29). The van der Waals surface area contributed by atoms with E-state index < -0.39 is 18.1 Å². The zero-order chi connectivity index (χ0) is 21.5. The van der Waals surface area contributed by atoms with Gasteiger partial charge in [0.1, 0.15) is 5.75 Å². The summed E-state index contributed by atoms with van der Waals surface area (Å²) in [6, 6.07) is 19.2. The predicted molar refractivity (Wildman–Crippen MR) is 110 cm³/mol. The molecule has 0 fully saturated rings. The second-order valence-corrected chi connectivity index (χ2v) is 6.39. The maximum atomic E-state index is 12.8. The Labute approximate surface area is 171 Å². The van der Waals surface area contributed by atoms with Gasteiger partial charge < -0.3 is 9.84 Å². The lowest BCUT2D eigenvalue weighted by Gasteiger charge is -2.07. The van der Waals surface area contributed by atoms with Crippen LogP contribution in [0.25, 0.3) is 23.3 Å². The summed E-state index contributed by atoms with van der Waals surface area (Å²) in [7, 11) is 0. The number of carboxylic acid groups (broad SMARTS) is 1. The minimum atomic E-state index is -2.51. The van der Waals surface area contributed by atoms with E-state index in [1.165, 1.54) is 12.1 Å². The van der Waals surface area contributed by atoms with E-state index in [0.717, 1.165) is 27.8 Å². The van der Waals surface area contributed by atoms with E-state index in [1.807, 2.05) is 48.6 Å². The fourth-order valence-electron chi connectivity index (χ4n) is 2.86. The summed E-state index contributed by atoms with van der Waals surface area (Å²) >= 11 is 0. The van der Waals surface area contributed by atoms with Gasteiger partial charge in [-0.3, -0.25) is 4.79 Å². The molecule has 0 heterocycles. The number of hydrogen-bond donors (Lipinski definition) is 1. The Hall–Kier alpha value is -3.80. The van der Waals surface area contributed by atoms with Crippen LogP contribution >= 0.6 is 0 Å². The monoisotopic (exact) mass is 410 g/mol. The van der Waals surface area contributed by atoms with E-state index in [-0.39, 0.29) is 12.2 Å². The third-order valence-electron chi connectivity index (χ3n) is 4.27. The third-order valence-corrected chi connectivity index (χ3v) is 4.27. The van der Waals surface area contributed by atoms with E-state index in [2.05, 4.69) is 4.74 Å². The van der Waals surface area contributed by atoms with Gasteiger partial charge in [-0.1, -0.05) is 72.8 Å². The van der Waals surface area contributed by atoms with Crippen molar-refractivity contribution in [1.82, 2.24) is 0 Å². The fraction of sp³-hybridized carbons (Fsp3) is 0.0417. The van der Waals surface area contributed by atoms with Gasteiger partial charge in [-0.25, -0.2) is 0 Å². The lowest BCUT2D eigenvalue weighted by molar-refractivity contribution is -0.136. The molecule has 0 atom stereocenters. The molecule has 0 spiro atoms. The Morgan fingerprint density at radius 3 is 2.17 bits per heavy atom. The van der Waals surface area contributed by atoms with Crippen molar-refractivity contribution in [2.75, 3.05) is 0 Å². The average molecular weight is 410 g/mol. The lowest BCUT2D eigenvalue weighted by atomic mass is 9.97. The zero-order valence-corrected chi connectivity index (χ0v) is 15.7. The number of carboxylic acids is 1. The molecule has 0 saturated heterocycles. The highest BCUT2D eigenvalue weighted by Gasteiger charge is 2.07. The molecule has 3 nitrogen and oxygen atoms in total. The summed E-state index contributed by atoms with van der Waals surface area (Å²) in [6.07, 6.45) is 1.20. The highest BCUT2D eigenvalue weighted by Crippen LogP contribution is 2.26. The first-order chi connectivity index (χ1) is 14.4. The molecule has 0 aliphatic rings. The van der Waals surface area contributed by atoms with Crippen molar-refractivity contribution in [3.63, 3.8) is 0 Å². The van der Waals surface area contributed by atoms with E-state index >= 15 is 0 Å². The van der Waals surface area contributed by atoms with Crippen LogP contribution in [0.5, 0.6) is 5.75 Å². The van der Waals surface area contributed by atoms with Gasteiger partial charge in [-0.05, 0) is 39.9 Å². The van der Waals surface area contributed by atoms with Crippen molar-refractivity contribution in [1.29, 1.82) is 0 Å². The summed E-state index contributed by atoms with van der Waals surface area (Å²) in [5.74, 6) is -0.907.